The van der Waals surface area contributed by atoms with Crippen LogP contribution in [0.5, 0.6) is 11.5 Å². The molecule has 0 spiro atoms. The Bertz CT molecular complexity index is 1220. The maximum atomic E-state index is 12.3. The second-order valence-corrected chi connectivity index (χ2v) is 11.6. The lowest BCUT2D eigenvalue weighted by Crippen LogP contribution is -2.26. The zero-order chi connectivity index (χ0) is 27.9. The van der Waals surface area contributed by atoms with Crippen molar-refractivity contribution in [1.82, 2.24) is 15.3 Å². The minimum atomic E-state index is -0.195. The number of thioether (sulfide) groups is 1. The molecule has 0 aliphatic carbocycles. The summed E-state index contributed by atoms with van der Waals surface area (Å²) in [5, 5.41) is 3.56. The quantitative estimate of drug-likeness (QED) is 0.230. The van der Waals surface area contributed by atoms with E-state index in [2.05, 4.69) is 57.0 Å². The van der Waals surface area contributed by atoms with Gasteiger partial charge in [0.1, 0.15) is 11.6 Å². The van der Waals surface area contributed by atoms with Crippen molar-refractivity contribution in [3.05, 3.63) is 59.2 Å². The minimum Gasteiger partial charge on any atom is -0.493 e. The summed E-state index contributed by atoms with van der Waals surface area (Å²) in [4.78, 5) is 24.1. The van der Waals surface area contributed by atoms with Crippen molar-refractivity contribution in [3.8, 4) is 11.5 Å². The molecule has 0 unspecified atom stereocenters. The summed E-state index contributed by atoms with van der Waals surface area (Å²) >= 11 is 1.50. The number of likely N-dealkylation sites (N-methyl/N-ethyl adjacent to an activating group) is 1. The van der Waals surface area contributed by atoms with E-state index in [9.17, 15) is 4.79 Å². The number of nitrogens with zero attached hydrogens (tertiary/aromatic N) is 3. The summed E-state index contributed by atoms with van der Waals surface area (Å²) in [6.07, 6.45) is 0.822. The van der Waals surface area contributed by atoms with E-state index in [1.165, 1.54) is 11.8 Å². The molecule has 1 N–H and O–H groups in total. The van der Waals surface area contributed by atoms with Gasteiger partial charge in [0.05, 0.1) is 25.7 Å². The van der Waals surface area contributed by atoms with Gasteiger partial charge in [-0.25, -0.2) is 9.97 Å². The Labute approximate surface area is 230 Å². The summed E-state index contributed by atoms with van der Waals surface area (Å²) < 4.78 is 16.6. The van der Waals surface area contributed by atoms with Crippen LogP contribution in [-0.4, -0.2) is 50.2 Å². The third-order valence-corrected chi connectivity index (χ3v) is 6.80. The Morgan fingerprint density at radius 3 is 2.47 bits per heavy atom. The number of nitrogens with one attached hydrogen (secondary N) is 1. The summed E-state index contributed by atoms with van der Waals surface area (Å²) in [6.45, 7) is 11.9. The second kappa shape index (κ2) is 13.0. The Kier molecular flexibility index (Phi) is 10.1. The van der Waals surface area contributed by atoms with Crippen molar-refractivity contribution in [2.24, 2.45) is 5.92 Å². The molecule has 0 saturated heterocycles. The molecule has 0 aliphatic rings. The van der Waals surface area contributed by atoms with Crippen LogP contribution in [0.3, 0.4) is 0 Å². The van der Waals surface area contributed by atoms with Gasteiger partial charge in [-0.05, 0) is 42.2 Å². The number of benzene rings is 1. The molecule has 1 aromatic carbocycles. The molecule has 3 aromatic rings. The van der Waals surface area contributed by atoms with Gasteiger partial charge in [-0.1, -0.05) is 52.4 Å². The summed E-state index contributed by atoms with van der Waals surface area (Å²) in [6, 6.07) is 11.6. The van der Waals surface area contributed by atoms with Gasteiger partial charge >= 0.3 is 0 Å². The normalized spacial score (nSPS) is 11.5. The first kappa shape index (κ1) is 29.4. The van der Waals surface area contributed by atoms with Crippen molar-refractivity contribution in [2.75, 3.05) is 39.3 Å². The third-order valence-electron chi connectivity index (χ3n) is 5.94. The molecule has 0 atom stereocenters. The molecule has 2 heterocycles. The number of ether oxygens (including phenoxy) is 2. The van der Waals surface area contributed by atoms with E-state index in [1.54, 1.807) is 20.3 Å². The van der Waals surface area contributed by atoms with Gasteiger partial charge in [-0.3, -0.25) is 4.79 Å². The molecule has 206 valence electrons. The maximum absolute atomic E-state index is 12.3. The van der Waals surface area contributed by atoms with Crippen LogP contribution in [0.2, 0.25) is 0 Å². The number of hydrogen-bond acceptors (Lipinski definition) is 8. The molecule has 2 aromatic heterocycles. The fourth-order valence-corrected chi connectivity index (χ4v) is 4.35. The van der Waals surface area contributed by atoms with E-state index >= 15 is 0 Å². The zero-order valence-corrected chi connectivity index (χ0v) is 24.6. The van der Waals surface area contributed by atoms with Crippen LogP contribution in [0.4, 0.5) is 5.82 Å². The van der Waals surface area contributed by atoms with E-state index in [-0.39, 0.29) is 11.3 Å². The predicted molar refractivity (Wildman–Crippen MR) is 153 cm³/mol. The molecule has 1 amide bonds. The van der Waals surface area contributed by atoms with E-state index in [0.29, 0.717) is 34.9 Å². The molecule has 0 bridgehead atoms. The van der Waals surface area contributed by atoms with Crippen LogP contribution in [-0.2, 0) is 17.6 Å². The highest BCUT2D eigenvalue weighted by molar-refractivity contribution is 7.98. The van der Waals surface area contributed by atoms with Gasteiger partial charge in [-0.15, -0.1) is 0 Å². The lowest BCUT2D eigenvalue weighted by Gasteiger charge is -2.23. The van der Waals surface area contributed by atoms with Gasteiger partial charge in [0.25, 0.3) is 5.91 Å². The van der Waals surface area contributed by atoms with Crippen molar-refractivity contribution in [3.63, 3.8) is 0 Å². The highest BCUT2D eigenvalue weighted by atomic mass is 32.2. The standard InChI is InChI=1S/C29H40N4O4S/c1-19(2)17-30-27(34)23-12-10-21(37-23)18-38-28-31-25(29(3,4)5)16-26(32-28)33(6)14-13-20-9-11-22(35-7)24(15-20)36-8/h9-12,15-16,19H,13-14,17-18H2,1-8H3,(H,30,34). The van der Waals surface area contributed by atoms with Crippen LogP contribution < -0.4 is 19.7 Å². The maximum Gasteiger partial charge on any atom is 0.287 e. The predicted octanol–water partition coefficient (Wildman–Crippen LogP) is 5.74. The lowest BCUT2D eigenvalue weighted by molar-refractivity contribution is 0.0920. The van der Waals surface area contributed by atoms with E-state index in [4.69, 9.17) is 23.9 Å². The fraction of sp³-hybridized carbons (Fsp3) is 0.483. The first-order valence-corrected chi connectivity index (χ1v) is 13.8. The number of amides is 1. The van der Waals surface area contributed by atoms with Crippen molar-refractivity contribution < 1.29 is 18.7 Å². The molecule has 0 radical (unpaired) electrons. The number of carbonyl (C=O) groups is 1. The van der Waals surface area contributed by atoms with Crippen LogP contribution in [0, 0.1) is 5.92 Å². The lowest BCUT2D eigenvalue weighted by atomic mass is 9.92. The summed E-state index contributed by atoms with van der Waals surface area (Å²) in [7, 11) is 5.32. The van der Waals surface area contributed by atoms with Gasteiger partial charge in [0.15, 0.2) is 22.4 Å². The number of rotatable bonds is 12. The molecule has 9 heteroatoms. The number of methoxy groups -OCH3 is 2. The first-order valence-electron chi connectivity index (χ1n) is 12.8. The summed E-state index contributed by atoms with van der Waals surface area (Å²) in [5.41, 5.74) is 1.99. The average Bonchev–Trinajstić information content (AvgIpc) is 3.37. The highest BCUT2D eigenvalue weighted by Crippen LogP contribution is 2.30. The van der Waals surface area contributed by atoms with Crippen molar-refractivity contribution in [1.29, 1.82) is 0 Å². The van der Waals surface area contributed by atoms with E-state index in [1.807, 2.05) is 25.2 Å². The zero-order valence-electron chi connectivity index (χ0n) is 23.8. The second-order valence-electron chi connectivity index (χ2n) is 10.7. The molecular weight excluding hydrogens is 500 g/mol. The molecule has 3 rings (SSSR count). The van der Waals surface area contributed by atoms with Crippen LogP contribution >= 0.6 is 11.8 Å². The molecule has 0 saturated carbocycles. The SMILES string of the molecule is COc1ccc(CCN(C)c2cc(C(C)(C)C)nc(SCc3ccc(C(=O)NCC(C)C)o3)n2)cc1OC. The van der Waals surface area contributed by atoms with Gasteiger partial charge in [-0.2, -0.15) is 0 Å². The average molecular weight is 541 g/mol. The van der Waals surface area contributed by atoms with E-state index in [0.717, 1.165) is 41.5 Å². The largest absolute Gasteiger partial charge is 0.493 e. The van der Waals surface area contributed by atoms with Crippen LogP contribution in [0.25, 0.3) is 0 Å². The van der Waals surface area contributed by atoms with Gasteiger partial charge < -0.3 is 24.1 Å². The third kappa shape index (κ3) is 8.15. The topological polar surface area (TPSA) is 89.7 Å². The molecule has 0 fully saturated rings. The Morgan fingerprint density at radius 2 is 1.82 bits per heavy atom. The van der Waals surface area contributed by atoms with Gasteiger partial charge in [0.2, 0.25) is 0 Å². The Balaban J connectivity index is 1.71. The summed E-state index contributed by atoms with van der Waals surface area (Å²) in [5.74, 6) is 4.04. The Hall–Kier alpha value is -3.20. The molecular formula is C29H40N4O4S. The van der Waals surface area contributed by atoms with Crippen molar-refractivity contribution >= 4 is 23.5 Å². The van der Waals surface area contributed by atoms with E-state index < -0.39 is 0 Å². The smallest absolute Gasteiger partial charge is 0.287 e. The van der Waals surface area contributed by atoms with Crippen LogP contribution in [0.1, 0.15) is 62.2 Å². The fourth-order valence-electron chi connectivity index (χ4n) is 3.60. The minimum absolute atomic E-state index is 0.135. The highest BCUT2D eigenvalue weighted by Gasteiger charge is 2.20. The number of furan rings is 1. The molecule has 8 nitrogen and oxygen atoms in total. The number of hydrogen-bond donors (Lipinski definition) is 1. The monoisotopic (exact) mass is 540 g/mol. The van der Waals surface area contributed by atoms with Crippen molar-refractivity contribution in [2.45, 2.75) is 57.4 Å². The Morgan fingerprint density at radius 1 is 1.08 bits per heavy atom. The first-order chi connectivity index (χ1) is 18.0. The molecule has 38 heavy (non-hydrogen) atoms. The van der Waals surface area contributed by atoms with Crippen LogP contribution in [0.15, 0.2) is 46.0 Å². The molecule has 0 aliphatic heterocycles. The number of carbonyl (C=O) groups excluding carboxylic acids is 1. The number of aromatic nitrogens is 2. The van der Waals surface area contributed by atoms with Gasteiger partial charge in [0, 0.05) is 31.6 Å². The number of anilines is 1.